The van der Waals surface area contributed by atoms with E-state index < -0.39 is 0 Å². The highest BCUT2D eigenvalue weighted by molar-refractivity contribution is 5.70. The summed E-state index contributed by atoms with van der Waals surface area (Å²) >= 11 is 0. The van der Waals surface area contributed by atoms with Crippen molar-refractivity contribution in [3.63, 3.8) is 0 Å². The Bertz CT molecular complexity index is 439. The van der Waals surface area contributed by atoms with Crippen LogP contribution in [0, 0.1) is 17.8 Å². The molecule has 3 atom stereocenters. The van der Waals surface area contributed by atoms with Crippen LogP contribution in [-0.4, -0.2) is 16.8 Å². The van der Waals surface area contributed by atoms with Crippen LogP contribution in [-0.2, 0) is 11.8 Å². The highest BCUT2D eigenvalue weighted by Crippen LogP contribution is 2.35. The third-order valence-corrected chi connectivity index (χ3v) is 4.19. The Morgan fingerprint density at radius 2 is 2.16 bits per heavy atom. The van der Waals surface area contributed by atoms with Gasteiger partial charge in [0.25, 0.3) is 6.33 Å². The Morgan fingerprint density at radius 3 is 2.74 bits per heavy atom. The van der Waals surface area contributed by atoms with Crippen molar-refractivity contribution in [1.29, 1.82) is 0 Å². The van der Waals surface area contributed by atoms with Gasteiger partial charge in [0, 0.05) is 0 Å². The summed E-state index contributed by atoms with van der Waals surface area (Å²) in [5, 5.41) is 0. The quantitative estimate of drug-likeness (QED) is 0.771. The molecule has 0 amide bonds. The number of nitrogens with zero attached hydrogens (tertiary/aromatic N) is 2. The van der Waals surface area contributed by atoms with Crippen LogP contribution in [0.2, 0.25) is 0 Å². The van der Waals surface area contributed by atoms with E-state index in [4.69, 9.17) is 4.74 Å². The van der Waals surface area contributed by atoms with Crippen LogP contribution in [0.4, 0.5) is 4.79 Å². The van der Waals surface area contributed by atoms with Crippen LogP contribution in [0.1, 0.15) is 40.0 Å². The number of rotatable bonds is 2. The van der Waals surface area contributed by atoms with Gasteiger partial charge in [0.2, 0.25) is 0 Å². The summed E-state index contributed by atoms with van der Waals surface area (Å²) in [5.74, 6) is 1.70. The lowest BCUT2D eigenvalue weighted by atomic mass is 9.75. The molecule has 1 saturated carbocycles. The summed E-state index contributed by atoms with van der Waals surface area (Å²) in [6.07, 6.45) is 8.50. The van der Waals surface area contributed by atoms with Gasteiger partial charge in [0.1, 0.15) is 18.5 Å². The number of carbonyl (C=O) groups excluding carboxylic acids is 1. The van der Waals surface area contributed by atoms with Crippen LogP contribution in [0.5, 0.6) is 0 Å². The molecule has 4 nitrogen and oxygen atoms in total. The lowest BCUT2D eigenvalue weighted by Gasteiger charge is -2.35. The first-order valence-corrected chi connectivity index (χ1v) is 7.21. The Morgan fingerprint density at radius 1 is 1.42 bits per heavy atom. The van der Waals surface area contributed by atoms with E-state index in [9.17, 15) is 4.79 Å². The van der Waals surface area contributed by atoms with E-state index in [0.717, 1.165) is 12.8 Å². The zero-order valence-corrected chi connectivity index (χ0v) is 12.4. The molecular weight excluding hydrogens is 240 g/mol. The molecule has 0 aliphatic heterocycles. The molecule has 0 aromatic carbocycles. The number of aromatic nitrogens is 2. The van der Waals surface area contributed by atoms with Crippen molar-refractivity contribution in [2.45, 2.75) is 46.1 Å². The third-order valence-electron chi connectivity index (χ3n) is 4.19. The molecule has 1 aliphatic rings. The highest BCUT2D eigenvalue weighted by atomic mass is 16.6. The third kappa shape index (κ3) is 3.37. The number of imidazole rings is 1. The van der Waals surface area contributed by atoms with Gasteiger partial charge in [0.05, 0.1) is 7.05 Å². The molecule has 2 rings (SSSR count). The Hall–Kier alpha value is -1.32. The van der Waals surface area contributed by atoms with E-state index in [-0.39, 0.29) is 12.2 Å². The molecule has 1 heterocycles. The van der Waals surface area contributed by atoms with Crippen LogP contribution < -0.4 is 4.57 Å². The number of hydrogen-bond donors (Lipinski definition) is 0. The molecule has 0 unspecified atom stereocenters. The van der Waals surface area contributed by atoms with Gasteiger partial charge >= 0.3 is 6.09 Å². The predicted octanol–water partition coefficient (Wildman–Crippen LogP) is 2.76. The van der Waals surface area contributed by atoms with Crippen molar-refractivity contribution in [2.75, 3.05) is 0 Å². The average molecular weight is 265 g/mol. The molecular formula is C15H25N2O2+. The number of ether oxygens (including phenoxy) is 1. The van der Waals surface area contributed by atoms with Crippen molar-refractivity contribution in [1.82, 2.24) is 4.57 Å². The van der Waals surface area contributed by atoms with Gasteiger partial charge < -0.3 is 4.74 Å². The molecule has 0 saturated heterocycles. The normalized spacial score (nSPS) is 27.5. The van der Waals surface area contributed by atoms with Gasteiger partial charge in [-0.2, -0.15) is 4.79 Å². The second-order valence-electron chi connectivity index (χ2n) is 6.23. The second kappa shape index (κ2) is 5.76. The minimum Gasteiger partial charge on any atom is -0.427 e. The van der Waals surface area contributed by atoms with E-state index in [1.807, 2.05) is 17.8 Å². The summed E-state index contributed by atoms with van der Waals surface area (Å²) in [7, 11) is 1.89. The van der Waals surface area contributed by atoms with Crippen molar-refractivity contribution in [3.8, 4) is 0 Å². The van der Waals surface area contributed by atoms with Gasteiger partial charge in [0.15, 0.2) is 0 Å². The number of aryl methyl sites for hydroxylation is 1. The van der Waals surface area contributed by atoms with Crippen LogP contribution in [0.3, 0.4) is 0 Å². The van der Waals surface area contributed by atoms with Crippen molar-refractivity contribution >= 4 is 6.09 Å². The SMILES string of the molecule is CC(C)[C@@H]1CC[C@@H](C)C[C@H]1OC(=O)n1cc[n+](C)c1. The van der Waals surface area contributed by atoms with E-state index in [2.05, 4.69) is 20.8 Å². The molecule has 0 bridgehead atoms. The van der Waals surface area contributed by atoms with Crippen molar-refractivity contribution in [2.24, 2.45) is 24.8 Å². The monoisotopic (exact) mass is 265 g/mol. The number of carbonyl (C=O) groups is 1. The topological polar surface area (TPSA) is 35.1 Å². The first-order chi connectivity index (χ1) is 8.97. The van der Waals surface area contributed by atoms with E-state index in [1.165, 1.54) is 11.0 Å². The zero-order chi connectivity index (χ0) is 14.0. The Balaban J connectivity index is 2.04. The number of hydrogen-bond acceptors (Lipinski definition) is 2. The van der Waals surface area contributed by atoms with Gasteiger partial charge in [-0.15, -0.1) is 4.57 Å². The van der Waals surface area contributed by atoms with Gasteiger partial charge in [-0.05, 0) is 30.6 Å². The molecule has 0 spiro atoms. The zero-order valence-electron chi connectivity index (χ0n) is 12.4. The first kappa shape index (κ1) is 14.1. The molecule has 0 radical (unpaired) electrons. The molecule has 1 aromatic rings. The largest absolute Gasteiger partial charge is 0.511 e. The standard InChI is InChI=1S/C15H25N2O2/c1-11(2)13-6-5-12(3)9-14(13)19-15(18)17-8-7-16(4)10-17/h7-8,10-14H,5-6,9H2,1-4H3/q+1/t12-,13+,14-/m1/s1. The smallest absolute Gasteiger partial charge is 0.427 e. The lowest BCUT2D eigenvalue weighted by Crippen LogP contribution is -2.37. The van der Waals surface area contributed by atoms with Crippen LogP contribution in [0.25, 0.3) is 0 Å². The summed E-state index contributed by atoms with van der Waals surface area (Å²) in [5.41, 5.74) is 0. The maximum atomic E-state index is 12.1. The minimum atomic E-state index is -0.259. The van der Waals surface area contributed by atoms with Crippen molar-refractivity contribution < 1.29 is 14.1 Å². The maximum absolute atomic E-state index is 12.1. The molecule has 19 heavy (non-hydrogen) atoms. The maximum Gasteiger partial charge on any atom is 0.511 e. The van der Waals surface area contributed by atoms with E-state index >= 15 is 0 Å². The first-order valence-electron chi connectivity index (χ1n) is 7.21. The highest BCUT2D eigenvalue weighted by Gasteiger charge is 2.34. The van der Waals surface area contributed by atoms with E-state index in [1.54, 1.807) is 12.5 Å². The molecule has 1 fully saturated rings. The minimum absolute atomic E-state index is 0.0592. The molecule has 106 valence electrons. The van der Waals surface area contributed by atoms with Crippen molar-refractivity contribution in [3.05, 3.63) is 18.7 Å². The fraction of sp³-hybridized carbons (Fsp3) is 0.733. The molecule has 4 heteroatoms. The van der Waals surface area contributed by atoms with Gasteiger partial charge in [-0.1, -0.05) is 27.2 Å². The lowest BCUT2D eigenvalue weighted by molar-refractivity contribution is -0.670. The average Bonchev–Trinajstić information content (AvgIpc) is 2.75. The fourth-order valence-electron chi connectivity index (χ4n) is 3.00. The summed E-state index contributed by atoms with van der Waals surface area (Å²) < 4.78 is 9.09. The Kier molecular flexibility index (Phi) is 4.27. The predicted molar refractivity (Wildman–Crippen MR) is 72.6 cm³/mol. The summed E-state index contributed by atoms with van der Waals surface area (Å²) in [6, 6.07) is 0. The van der Waals surface area contributed by atoms with Gasteiger partial charge in [-0.3, -0.25) is 0 Å². The molecule has 1 aromatic heterocycles. The Labute approximate surface area is 115 Å². The van der Waals surface area contributed by atoms with Gasteiger partial charge in [-0.25, -0.2) is 4.57 Å². The summed E-state index contributed by atoms with van der Waals surface area (Å²) in [4.78, 5) is 12.1. The molecule has 0 N–H and O–H groups in total. The van der Waals surface area contributed by atoms with E-state index in [0.29, 0.717) is 17.8 Å². The van der Waals surface area contributed by atoms with Crippen LogP contribution >= 0.6 is 0 Å². The fourth-order valence-corrected chi connectivity index (χ4v) is 3.00. The molecule has 1 aliphatic carbocycles. The van der Waals surface area contributed by atoms with Crippen LogP contribution in [0.15, 0.2) is 18.7 Å². The second-order valence-corrected chi connectivity index (χ2v) is 6.23. The summed E-state index contributed by atoms with van der Waals surface area (Å²) in [6.45, 7) is 6.68.